The first-order chi connectivity index (χ1) is 9.15. The number of esters is 1. The predicted octanol–water partition coefficient (Wildman–Crippen LogP) is 2.55. The molecule has 19 heavy (non-hydrogen) atoms. The molecule has 0 saturated carbocycles. The van der Waals surface area contributed by atoms with Gasteiger partial charge in [-0.1, -0.05) is 0 Å². The van der Waals surface area contributed by atoms with Gasteiger partial charge in [0.1, 0.15) is 5.82 Å². The van der Waals surface area contributed by atoms with Crippen molar-refractivity contribution in [2.75, 3.05) is 5.48 Å². The van der Waals surface area contributed by atoms with Crippen LogP contribution in [-0.2, 0) is 4.79 Å². The summed E-state index contributed by atoms with van der Waals surface area (Å²) >= 11 is 0. The molecule has 0 saturated heterocycles. The number of hydrogen-bond donors (Lipinski definition) is 1. The minimum absolute atomic E-state index is 0.247. The summed E-state index contributed by atoms with van der Waals surface area (Å²) in [7, 11) is 0. The number of anilines is 1. The van der Waals surface area contributed by atoms with Crippen molar-refractivity contribution in [2.45, 2.75) is 6.92 Å². The molecule has 6 heteroatoms. The molecule has 2 aromatic rings. The third-order valence-corrected chi connectivity index (χ3v) is 2.10. The standard InChI is InChI=1S/C13H11FN2O3/c1-9(17)18-12-3-2-8-15-13(12)16-19-11-6-4-10(14)5-7-11/h2-8H,1H3,(H,15,16). The van der Waals surface area contributed by atoms with Gasteiger partial charge in [0.15, 0.2) is 11.5 Å². The van der Waals surface area contributed by atoms with E-state index in [1.54, 1.807) is 12.1 Å². The van der Waals surface area contributed by atoms with Crippen LogP contribution >= 0.6 is 0 Å². The van der Waals surface area contributed by atoms with Crippen molar-refractivity contribution in [1.82, 2.24) is 4.98 Å². The molecule has 98 valence electrons. The first kappa shape index (κ1) is 12.8. The van der Waals surface area contributed by atoms with Gasteiger partial charge in [0.25, 0.3) is 0 Å². The van der Waals surface area contributed by atoms with Crippen LogP contribution in [0.15, 0.2) is 42.6 Å². The van der Waals surface area contributed by atoms with Crippen LogP contribution < -0.4 is 15.1 Å². The maximum absolute atomic E-state index is 12.7. The van der Waals surface area contributed by atoms with Crippen LogP contribution in [0, 0.1) is 5.82 Å². The minimum Gasteiger partial charge on any atom is -0.423 e. The summed E-state index contributed by atoms with van der Waals surface area (Å²) in [6.45, 7) is 1.29. The van der Waals surface area contributed by atoms with Crippen molar-refractivity contribution in [1.29, 1.82) is 0 Å². The maximum atomic E-state index is 12.7. The van der Waals surface area contributed by atoms with E-state index in [0.29, 0.717) is 5.75 Å². The molecule has 0 aliphatic rings. The van der Waals surface area contributed by atoms with Gasteiger partial charge in [0.05, 0.1) is 0 Å². The van der Waals surface area contributed by atoms with E-state index >= 15 is 0 Å². The highest BCUT2D eigenvalue weighted by atomic mass is 19.1. The summed E-state index contributed by atoms with van der Waals surface area (Å²) in [5.74, 6) is 0.0867. The molecule has 0 radical (unpaired) electrons. The fraction of sp³-hybridized carbons (Fsp3) is 0.0769. The summed E-state index contributed by atoms with van der Waals surface area (Å²) in [6, 6.07) is 8.64. The van der Waals surface area contributed by atoms with Gasteiger partial charge in [0, 0.05) is 13.1 Å². The van der Waals surface area contributed by atoms with Gasteiger partial charge in [-0.3, -0.25) is 4.79 Å². The molecule has 5 nitrogen and oxygen atoms in total. The van der Waals surface area contributed by atoms with Crippen molar-refractivity contribution < 1.29 is 18.8 Å². The van der Waals surface area contributed by atoms with Gasteiger partial charge < -0.3 is 9.57 Å². The number of pyridine rings is 1. The molecule has 0 atom stereocenters. The van der Waals surface area contributed by atoms with Crippen molar-refractivity contribution >= 4 is 11.8 Å². The number of halogens is 1. The van der Waals surface area contributed by atoms with Crippen LogP contribution in [-0.4, -0.2) is 11.0 Å². The van der Waals surface area contributed by atoms with E-state index in [0.717, 1.165) is 0 Å². The van der Waals surface area contributed by atoms with Crippen LogP contribution in [0.25, 0.3) is 0 Å². The van der Waals surface area contributed by atoms with E-state index in [1.807, 2.05) is 0 Å². The Kier molecular flexibility index (Phi) is 3.92. The van der Waals surface area contributed by atoms with Gasteiger partial charge in [0.2, 0.25) is 5.82 Å². The summed E-state index contributed by atoms with van der Waals surface area (Å²) < 4.78 is 17.7. The topological polar surface area (TPSA) is 60.5 Å². The average molecular weight is 262 g/mol. The predicted molar refractivity (Wildman–Crippen MR) is 66.2 cm³/mol. The number of nitrogens with zero attached hydrogens (tertiary/aromatic N) is 1. The number of carbonyl (C=O) groups is 1. The smallest absolute Gasteiger partial charge is 0.308 e. The van der Waals surface area contributed by atoms with Crippen LogP contribution in [0.2, 0.25) is 0 Å². The van der Waals surface area contributed by atoms with Gasteiger partial charge in [-0.25, -0.2) is 14.9 Å². The summed E-state index contributed by atoms with van der Waals surface area (Å²) in [6.07, 6.45) is 1.52. The molecule has 1 aromatic heterocycles. The van der Waals surface area contributed by atoms with E-state index in [9.17, 15) is 9.18 Å². The van der Waals surface area contributed by atoms with Crippen molar-refractivity contribution in [3.8, 4) is 11.5 Å². The fourth-order valence-corrected chi connectivity index (χ4v) is 1.31. The molecular formula is C13H11FN2O3. The lowest BCUT2D eigenvalue weighted by Gasteiger charge is -2.10. The molecule has 0 aliphatic carbocycles. The van der Waals surface area contributed by atoms with Crippen molar-refractivity contribution in [2.24, 2.45) is 0 Å². The SMILES string of the molecule is CC(=O)Oc1cccnc1NOc1ccc(F)cc1. The zero-order chi connectivity index (χ0) is 13.7. The monoisotopic (exact) mass is 262 g/mol. The quantitative estimate of drug-likeness (QED) is 0.677. The molecule has 1 heterocycles. The van der Waals surface area contributed by atoms with Crippen molar-refractivity contribution in [3.05, 3.63) is 48.4 Å². The van der Waals surface area contributed by atoms with E-state index in [-0.39, 0.29) is 17.4 Å². The lowest BCUT2D eigenvalue weighted by molar-refractivity contribution is -0.131. The Morgan fingerprint density at radius 1 is 1.26 bits per heavy atom. The largest absolute Gasteiger partial charge is 0.423 e. The third kappa shape index (κ3) is 3.67. The molecule has 0 unspecified atom stereocenters. The van der Waals surface area contributed by atoms with Gasteiger partial charge in [-0.2, -0.15) is 0 Å². The van der Waals surface area contributed by atoms with Crippen molar-refractivity contribution in [3.63, 3.8) is 0 Å². The first-order valence-corrected chi connectivity index (χ1v) is 5.47. The lowest BCUT2D eigenvalue weighted by atomic mass is 10.3. The molecule has 0 spiro atoms. The Hall–Kier alpha value is -2.63. The molecule has 0 amide bonds. The van der Waals surface area contributed by atoms with E-state index in [4.69, 9.17) is 9.57 Å². The van der Waals surface area contributed by atoms with Gasteiger partial charge in [-0.05, 0) is 36.4 Å². The highest BCUT2D eigenvalue weighted by molar-refractivity contribution is 5.71. The fourth-order valence-electron chi connectivity index (χ4n) is 1.31. The molecule has 0 bridgehead atoms. The van der Waals surface area contributed by atoms with Gasteiger partial charge in [-0.15, -0.1) is 0 Å². The molecule has 0 aliphatic heterocycles. The summed E-state index contributed by atoms with van der Waals surface area (Å²) in [5, 5.41) is 0. The van der Waals surface area contributed by atoms with Crippen LogP contribution in [0.1, 0.15) is 6.92 Å². The number of rotatable bonds is 4. The van der Waals surface area contributed by atoms with Crippen LogP contribution in [0.4, 0.5) is 10.2 Å². The number of benzene rings is 1. The molecule has 0 fully saturated rings. The van der Waals surface area contributed by atoms with E-state index in [2.05, 4.69) is 10.5 Å². The second-order valence-corrected chi connectivity index (χ2v) is 3.60. The first-order valence-electron chi connectivity index (χ1n) is 5.47. The zero-order valence-electron chi connectivity index (χ0n) is 10.1. The Bertz CT molecular complexity index is 572. The summed E-state index contributed by atoms with van der Waals surface area (Å²) in [5.41, 5.74) is 2.54. The lowest BCUT2D eigenvalue weighted by Crippen LogP contribution is -2.10. The van der Waals surface area contributed by atoms with Crippen LogP contribution in [0.5, 0.6) is 11.5 Å². The Morgan fingerprint density at radius 3 is 2.68 bits per heavy atom. The zero-order valence-corrected chi connectivity index (χ0v) is 10.1. The second kappa shape index (κ2) is 5.81. The Labute approximate surface area is 108 Å². The van der Waals surface area contributed by atoms with E-state index < -0.39 is 5.97 Å². The minimum atomic E-state index is -0.460. The molecular weight excluding hydrogens is 251 g/mol. The number of aromatic nitrogens is 1. The number of hydrogen-bond acceptors (Lipinski definition) is 5. The normalized spacial score (nSPS) is 9.79. The maximum Gasteiger partial charge on any atom is 0.308 e. The summed E-state index contributed by atoms with van der Waals surface area (Å²) in [4.78, 5) is 20.1. The van der Waals surface area contributed by atoms with Gasteiger partial charge >= 0.3 is 5.97 Å². The second-order valence-electron chi connectivity index (χ2n) is 3.60. The number of carbonyl (C=O) groups excluding carboxylic acids is 1. The molecule has 2 rings (SSSR count). The van der Waals surface area contributed by atoms with E-state index in [1.165, 1.54) is 37.4 Å². The molecule has 1 N–H and O–H groups in total. The highest BCUT2D eigenvalue weighted by Crippen LogP contribution is 2.22. The third-order valence-electron chi connectivity index (χ3n) is 2.10. The average Bonchev–Trinajstić information content (AvgIpc) is 2.39. The highest BCUT2D eigenvalue weighted by Gasteiger charge is 2.07. The number of ether oxygens (including phenoxy) is 1. The Morgan fingerprint density at radius 2 is 2.00 bits per heavy atom. The number of nitrogens with one attached hydrogen (secondary N) is 1. The Balaban J connectivity index is 2.06. The van der Waals surface area contributed by atoms with Crippen LogP contribution in [0.3, 0.4) is 0 Å². The molecule has 1 aromatic carbocycles.